The molecular weight excluding hydrogens is 160 g/mol. The van der Waals surface area contributed by atoms with Crippen molar-refractivity contribution < 1.29 is 5.11 Å². The second-order valence-corrected chi connectivity index (χ2v) is 4.77. The van der Waals surface area contributed by atoms with Crippen molar-refractivity contribution in [3.8, 4) is 0 Å². The van der Waals surface area contributed by atoms with Gasteiger partial charge in [-0.25, -0.2) is 0 Å². The SMILES string of the molecule is CCC(O)(CC)C1CCC(C)CC1. The first-order valence-corrected chi connectivity index (χ1v) is 5.84. The van der Waals surface area contributed by atoms with E-state index in [9.17, 15) is 5.11 Å². The van der Waals surface area contributed by atoms with Crippen LogP contribution in [0.4, 0.5) is 0 Å². The highest BCUT2D eigenvalue weighted by Gasteiger charge is 2.34. The molecule has 0 spiro atoms. The van der Waals surface area contributed by atoms with Gasteiger partial charge in [0.25, 0.3) is 0 Å². The summed E-state index contributed by atoms with van der Waals surface area (Å²) < 4.78 is 0. The molecule has 0 heterocycles. The van der Waals surface area contributed by atoms with Crippen LogP contribution in [0.2, 0.25) is 0 Å². The first-order chi connectivity index (χ1) is 6.12. The number of aliphatic hydroxyl groups is 1. The molecule has 1 aliphatic rings. The van der Waals surface area contributed by atoms with Crippen molar-refractivity contribution in [2.75, 3.05) is 0 Å². The molecule has 1 fully saturated rings. The number of rotatable bonds is 3. The second-order valence-electron chi connectivity index (χ2n) is 4.77. The van der Waals surface area contributed by atoms with Gasteiger partial charge in [-0.2, -0.15) is 0 Å². The highest BCUT2D eigenvalue weighted by molar-refractivity contribution is 4.86. The maximum Gasteiger partial charge on any atom is 0.0670 e. The zero-order chi connectivity index (χ0) is 9.90. The second kappa shape index (κ2) is 4.45. The van der Waals surface area contributed by atoms with E-state index in [1.54, 1.807) is 0 Å². The van der Waals surface area contributed by atoms with Gasteiger partial charge in [-0.15, -0.1) is 0 Å². The van der Waals surface area contributed by atoms with E-state index < -0.39 is 0 Å². The van der Waals surface area contributed by atoms with Crippen LogP contribution >= 0.6 is 0 Å². The monoisotopic (exact) mass is 184 g/mol. The molecule has 1 N–H and O–H groups in total. The molecule has 0 radical (unpaired) electrons. The quantitative estimate of drug-likeness (QED) is 0.713. The molecule has 0 unspecified atom stereocenters. The lowest BCUT2D eigenvalue weighted by Crippen LogP contribution is -2.38. The maximum atomic E-state index is 10.3. The zero-order valence-corrected chi connectivity index (χ0v) is 9.34. The predicted octanol–water partition coefficient (Wildman–Crippen LogP) is 3.36. The first-order valence-electron chi connectivity index (χ1n) is 5.84. The lowest BCUT2D eigenvalue weighted by molar-refractivity contribution is -0.0436. The molecular formula is C12H24O. The molecule has 1 rings (SSSR count). The fourth-order valence-electron chi connectivity index (χ4n) is 2.62. The van der Waals surface area contributed by atoms with E-state index in [4.69, 9.17) is 0 Å². The van der Waals surface area contributed by atoms with Gasteiger partial charge in [-0.1, -0.05) is 33.6 Å². The summed E-state index contributed by atoms with van der Waals surface area (Å²) in [5.41, 5.74) is -0.361. The number of hydrogen-bond donors (Lipinski definition) is 1. The average molecular weight is 184 g/mol. The highest BCUT2D eigenvalue weighted by atomic mass is 16.3. The molecule has 0 aromatic carbocycles. The van der Waals surface area contributed by atoms with Gasteiger partial charge in [0.15, 0.2) is 0 Å². The van der Waals surface area contributed by atoms with Crippen LogP contribution in [0.15, 0.2) is 0 Å². The Bertz CT molecular complexity index is 141. The standard InChI is InChI=1S/C12H24O/c1-4-12(13,5-2)11-8-6-10(3)7-9-11/h10-11,13H,4-9H2,1-3H3. The van der Waals surface area contributed by atoms with Crippen molar-refractivity contribution in [1.82, 2.24) is 0 Å². The van der Waals surface area contributed by atoms with Gasteiger partial charge in [-0.3, -0.25) is 0 Å². The van der Waals surface area contributed by atoms with E-state index in [-0.39, 0.29) is 5.60 Å². The Hall–Kier alpha value is -0.0400. The summed E-state index contributed by atoms with van der Waals surface area (Å²) in [5.74, 6) is 1.45. The van der Waals surface area contributed by atoms with E-state index >= 15 is 0 Å². The normalized spacial score (nSPS) is 30.5. The first kappa shape index (κ1) is 11.0. The van der Waals surface area contributed by atoms with Crippen molar-refractivity contribution in [2.45, 2.75) is 64.9 Å². The summed E-state index contributed by atoms with van der Waals surface area (Å²) in [7, 11) is 0. The Labute approximate surface area is 82.5 Å². The van der Waals surface area contributed by atoms with Crippen molar-refractivity contribution in [3.63, 3.8) is 0 Å². The minimum atomic E-state index is -0.361. The Morgan fingerprint density at radius 2 is 1.54 bits per heavy atom. The fourth-order valence-corrected chi connectivity index (χ4v) is 2.62. The smallest absolute Gasteiger partial charge is 0.0670 e. The summed E-state index contributed by atoms with van der Waals surface area (Å²) in [5, 5.41) is 10.3. The fraction of sp³-hybridized carbons (Fsp3) is 1.00. The summed E-state index contributed by atoms with van der Waals surface area (Å²) in [6.45, 7) is 6.55. The van der Waals surface area contributed by atoms with Crippen LogP contribution in [0.1, 0.15) is 59.3 Å². The van der Waals surface area contributed by atoms with Crippen molar-refractivity contribution in [3.05, 3.63) is 0 Å². The Balaban J connectivity index is 2.51. The molecule has 0 aromatic heterocycles. The largest absolute Gasteiger partial charge is 0.390 e. The van der Waals surface area contributed by atoms with Gasteiger partial charge < -0.3 is 5.11 Å². The topological polar surface area (TPSA) is 20.2 Å². The van der Waals surface area contributed by atoms with Crippen LogP contribution in [0.25, 0.3) is 0 Å². The van der Waals surface area contributed by atoms with Gasteiger partial charge in [0.1, 0.15) is 0 Å². The maximum absolute atomic E-state index is 10.3. The minimum absolute atomic E-state index is 0.361. The van der Waals surface area contributed by atoms with Crippen LogP contribution in [0.5, 0.6) is 0 Å². The summed E-state index contributed by atoms with van der Waals surface area (Å²) in [4.78, 5) is 0. The predicted molar refractivity (Wildman–Crippen MR) is 56.7 cm³/mol. The Morgan fingerprint density at radius 3 is 1.92 bits per heavy atom. The third-order valence-corrected chi connectivity index (χ3v) is 4.00. The summed E-state index contributed by atoms with van der Waals surface area (Å²) in [6.07, 6.45) is 6.93. The van der Waals surface area contributed by atoms with Gasteiger partial charge in [0.05, 0.1) is 5.60 Å². The Kier molecular flexibility index (Phi) is 3.78. The molecule has 13 heavy (non-hydrogen) atoms. The lowest BCUT2D eigenvalue weighted by Gasteiger charge is -2.38. The van der Waals surface area contributed by atoms with Gasteiger partial charge >= 0.3 is 0 Å². The third-order valence-electron chi connectivity index (χ3n) is 4.00. The van der Waals surface area contributed by atoms with E-state index in [0.29, 0.717) is 5.92 Å². The molecule has 1 heteroatoms. The molecule has 0 aromatic rings. The molecule has 78 valence electrons. The van der Waals surface area contributed by atoms with Crippen LogP contribution < -0.4 is 0 Å². The summed E-state index contributed by atoms with van der Waals surface area (Å²) >= 11 is 0. The molecule has 0 aliphatic heterocycles. The van der Waals surface area contributed by atoms with Crippen LogP contribution in [0.3, 0.4) is 0 Å². The molecule has 0 saturated heterocycles. The van der Waals surface area contributed by atoms with Crippen molar-refractivity contribution >= 4 is 0 Å². The molecule has 1 saturated carbocycles. The van der Waals surface area contributed by atoms with Crippen LogP contribution in [-0.2, 0) is 0 Å². The minimum Gasteiger partial charge on any atom is -0.390 e. The summed E-state index contributed by atoms with van der Waals surface area (Å²) in [6, 6.07) is 0. The number of hydrogen-bond acceptors (Lipinski definition) is 1. The molecule has 0 atom stereocenters. The van der Waals surface area contributed by atoms with Crippen LogP contribution in [-0.4, -0.2) is 10.7 Å². The highest BCUT2D eigenvalue weighted by Crippen LogP contribution is 2.38. The van der Waals surface area contributed by atoms with Gasteiger partial charge in [0.2, 0.25) is 0 Å². The van der Waals surface area contributed by atoms with Gasteiger partial charge in [0, 0.05) is 0 Å². The lowest BCUT2D eigenvalue weighted by atomic mass is 9.72. The zero-order valence-electron chi connectivity index (χ0n) is 9.34. The van der Waals surface area contributed by atoms with Gasteiger partial charge in [-0.05, 0) is 37.5 Å². The van der Waals surface area contributed by atoms with E-state index in [1.807, 2.05) is 0 Å². The van der Waals surface area contributed by atoms with E-state index in [1.165, 1.54) is 25.7 Å². The molecule has 1 aliphatic carbocycles. The van der Waals surface area contributed by atoms with E-state index in [0.717, 1.165) is 18.8 Å². The molecule has 0 bridgehead atoms. The van der Waals surface area contributed by atoms with Crippen LogP contribution in [0, 0.1) is 11.8 Å². The van der Waals surface area contributed by atoms with Crippen molar-refractivity contribution in [1.29, 1.82) is 0 Å². The van der Waals surface area contributed by atoms with Crippen molar-refractivity contribution in [2.24, 2.45) is 11.8 Å². The Morgan fingerprint density at radius 1 is 1.08 bits per heavy atom. The third kappa shape index (κ3) is 2.46. The molecule has 0 amide bonds. The average Bonchev–Trinajstić information content (AvgIpc) is 2.18. The molecule has 1 nitrogen and oxygen atoms in total. The van der Waals surface area contributed by atoms with E-state index in [2.05, 4.69) is 20.8 Å².